The molecule has 4 aromatic rings. The second kappa shape index (κ2) is 12.2. The number of rotatable bonds is 8. The number of benzene rings is 1. The molecule has 2 atom stereocenters. The van der Waals surface area contributed by atoms with Gasteiger partial charge >= 0.3 is 0 Å². The highest BCUT2D eigenvalue weighted by Gasteiger charge is 2.39. The van der Waals surface area contributed by atoms with E-state index < -0.39 is 8.32 Å². The topological polar surface area (TPSA) is 125 Å². The highest BCUT2D eigenvalue weighted by molar-refractivity contribution is 6.74. The van der Waals surface area contributed by atoms with Crippen molar-refractivity contribution in [1.82, 2.24) is 14.6 Å². The van der Waals surface area contributed by atoms with E-state index in [9.17, 15) is 0 Å². The monoisotopic (exact) mass is 619 g/mol. The third kappa shape index (κ3) is 6.81. The van der Waals surface area contributed by atoms with Crippen LogP contribution in [0.25, 0.3) is 16.6 Å². The van der Waals surface area contributed by atoms with Gasteiger partial charge in [-0.05, 0) is 74.1 Å². The number of nitrogens with two attached hydrogens (primary N) is 2. The van der Waals surface area contributed by atoms with E-state index in [0.717, 1.165) is 53.8 Å². The normalized spacial score (nSPS) is 18.1. The minimum absolute atomic E-state index is 0.0700. The SMILES string of the molecule is COc1ccc(-c2cc3c(N[C@@H]4CCC[C@@H](N)C4)c(C(N)=Nc4ccc(O[Si](C)(C)C(C)(C)C)cc4Cl)cnn3c2)cn1. The highest BCUT2D eigenvalue weighted by atomic mass is 35.5. The van der Waals surface area contributed by atoms with E-state index in [0.29, 0.717) is 28.0 Å². The molecule has 0 unspecified atom stereocenters. The zero-order chi connectivity index (χ0) is 30.9. The maximum atomic E-state index is 6.71. The Balaban J connectivity index is 1.52. The molecule has 0 amide bonds. The molecule has 228 valence electrons. The molecule has 1 fully saturated rings. The van der Waals surface area contributed by atoms with Crippen LogP contribution in [-0.2, 0) is 0 Å². The second-order valence-electron chi connectivity index (χ2n) is 12.8. The first-order valence-electron chi connectivity index (χ1n) is 14.7. The van der Waals surface area contributed by atoms with Crippen molar-refractivity contribution in [3.63, 3.8) is 0 Å². The number of hydrogen-bond donors (Lipinski definition) is 3. The lowest BCUT2D eigenvalue weighted by Gasteiger charge is -2.36. The van der Waals surface area contributed by atoms with Crippen LogP contribution < -0.4 is 25.9 Å². The summed E-state index contributed by atoms with van der Waals surface area (Å²) in [7, 11) is -0.412. The molecule has 3 heterocycles. The number of methoxy groups -OCH3 is 1. The van der Waals surface area contributed by atoms with Crippen LogP contribution in [0.2, 0.25) is 23.2 Å². The average Bonchev–Trinajstić information content (AvgIpc) is 3.39. The summed E-state index contributed by atoms with van der Waals surface area (Å²) < 4.78 is 13.5. The number of fused-ring (bicyclic) bond motifs is 1. The van der Waals surface area contributed by atoms with Gasteiger partial charge in [-0.2, -0.15) is 5.10 Å². The molecule has 0 saturated heterocycles. The van der Waals surface area contributed by atoms with Crippen molar-refractivity contribution in [3.05, 3.63) is 65.6 Å². The van der Waals surface area contributed by atoms with Crippen LogP contribution in [0.4, 0.5) is 11.4 Å². The summed E-state index contributed by atoms with van der Waals surface area (Å²) in [6.45, 7) is 11.0. The van der Waals surface area contributed by atoms with Gasteiger partial charge in [0.15, 0.2) is 0 Å². The number of hydrogen-bond acceptors (Lipinski definition) is 7. The van der Waals surface area contributed by atoms with Crippen molar-refractivity contribution >= 4 is 42.6 Å². The number of ether oxygens (including phenoxy) is 1. The van der Waals surface area contributed by atoms with Crippen LogP contribution >= 0.6 is 11.6 Å². The molecule has 1 aliphatic rings. The van der Waals surface area contributed by atoms with E-state index in [1.807, 2.05) is 41.0 Å². The summed E-state index contributed by atoms with van der Waals surface area (Å²) in [6, 6.07) is 11.9. The third-order valence-electron chi connectivity index (χ3n) is 8.59. The number of aromatic nitrogens is 3. The van der Waals surface area contributed by atoms with E-state index >= 15 is 0 Å². The number of amidine groups is 1. The zero-order valence-electron chi connectivity index (χ0n) is 25.8. The summed E-state index contributed by atoms with van der Waals surface area (Å²) in [6.07, 6.45) is 9.52. The van der Waals surface area contributed by atoms with Crippen molar-refractivity contribution in [2.75, 3.05) is 12.4 Å². The van der Waals surface area contributed by atoms with Crippen LogP contribution in [0.15, 0.2) is 60.0 Å². The van der Waals surface area contributed by atoms with Crippen LogP contribution in [0.3, 0.4) is 0 Å². The van der Waals surface area contributed by atoms with Crippen LogP contribution in [0.5, 0.6) is 11.6 Å². The fraction of sp³-hybridized carbons (Fsp3) is 0.406. The molecule has 43 heavy (non-hydrogen) atoms. The minimum atomic E-state index is -2.02. The number of anilines is 1. The van der Waals surface area contributed by atoms with Crippen LogP contribution in [0.1, 0.15) is 52.0 Å². The molecule has 0 aliphatic heterocycles. The van der Waals surface area contributed by atoms with E-state index in [2.05, 4.69) is 55.3 Å². The average molecular weight is 620 g/mol. The molecule has 1 saturated carbocycles. The Hall–Kier alpha value is -3.60. The van der Waals surface area contributed by atoms with Crippen molar-refractivity contribution in [2.45, 2.75) is 76.7 Å². The molecule has 0 spiro atoms. The molecule has 5 rings (SSSR count). The van der Waals surface area contributed by atoms with Gasteiger partial charge in [0.05, 0.1) is 40.8 Å². The Kier molecular flexibility index (Phi) is 8.74. The molecule has 1 aliphatic carbocycles. The minimum Gasteiger partial charge on any atom is -0.543 e. The van der Waals surface area contributed by atoms with Crippen molar-refractivity contribution in [3.8, 4) is 22.8 Å². The molecular weight excluding hydrogens is 578 g/mol. The fourth-order valence-electron chi connectivity index (χ4n) is 5.07. The molecule has 0 radical (unpaired) electrons. The Morgan fingerprint density at radius 1 is 1.12 bits per heavy atom. The quantitative estimate of drug-likeness (QED) is 0.108. The first-order valence-corrected chi connectivity index (χ1v) is 18.0. The first kappa shape index (κ1) is 30.8. The van der Waals surface area contributed by atoms with Crippen LogP contribution in [-0.4, -0.2) is 47.9 Å². The standard InChI is InChI=1S/C32H42ClN7O2Si/c1-32(2,3)43(5,6)42-24-11-12-27(26(33)16-24)39-31(35)25-18-37-40-19-21(20-10-13-29(41-4)36-17-20)14-28(40)30(25)38-23-9-7-8-22(34)15-23/h10-14,16-19,22-23,38H,7-9,15,34H2,1-6H3,(H2,35,39)/t22-,23-/m1/s1. The van der Waals surface area contributed by atoms with E-state index in [4.69, 9.17) is 37.2 Å². The van der Waals surface area contributed by atoms with Crippen molar-refractivity contribution < 1.29 is 9.16 Å². The fourth-order valence-corrected chi connectivity index (χ4v) is 6.31. The van der Waals surface area contributed by atoms with Gasteiger partial charge in [-0.3, -0.25) is 0 Å². The number of pyridine rings is 1. The lowest BCUT2D eigenvalue weighted by molar-refractivity contribution is 0.398. The first-order chi connectivity index (χ1) is 20.3. The van der Waals surface area contributed by atoms with Gasteiger partial charge in [-0.1, -0.05) is 32.4 Å². The van der Waals surface area contributed by atoms with Gasteiger partial charge in [-0.15, -0.1) is 0 Å². The molecular formula is C32H42ClN7O2Si. The predicted molar refractivity (Wildman–Crippen MR) is 178 cm³/mol. The Bertz CT molecular complexity index is 1630. The molecule has 3 aromatic heterocycles. The van der Waals surface area contributed by atoms with Crippen LogP contribution in [0, 0.1) is 0 Å². The molecule has 11 heteroatoms. The maximum Gasteiger partial charge on any atom is 0.250 e. The van der Waals surface area contributed by atoms with Gasteiger partial charge in [0.2, 0.25) is 14.2 Å². The van der Waals surface area contributed by atoms with Gasteiger partial charge in [-0.25, -0.2) is 14.5 Å². The van der Waals surface area contributed by atoms with Gasteiger partial charge in [0.1, 0.15) is 11.6 Å². The summed E-state index contributed by atoms with van der Waals surface area (Å²) in [4.78, 5) is 9.12. The number of aliphatic imine (C=N–C) groups is 1. The molecule has 0 bridgehead atoms. The van der Waals surface area contributed by atoms with E-state index in [1.54, 1.807) is 19.5 Å². The maximum absolute atomic E-state index is 6.71. The van der Waals surface area contributed by atoms with Gasteiger partial charge in [0, 0.05) is 41.7 Å². The number of nitrogens with zero attached hydrogens (tertiary/aromatic N) is 4. The number of halogens is 1. The lowest BCUT2D eigenvalue weighted by atomic mass is 9.91. The van der Waals surface area contributed by atoms with Gasteiger partial charge in [0.25, 0.3) is 0 Å². The summed E-state index contributed by atoms with van der Waals surface area (Å²) in [5, 5.41) is 8.98. The van der Waals surface area contributed by atoms with Gasteiger partial charge < -0.3 is 25.9 Å². The highest BCUT2D eigenvalue weighted by Crippen LogP contribution is 2.39. The second-order valence-corrected chi connectivity index (χ2v) is 18.0. The molecule has 1 aromatic carbocycles. The van der Waals surface area contributed by atoms with E-state index in [-0.39, 0.29) is 17.1 Å². The number of nitrogens with one attached hydrogen (secondary N) is 1. The summed E-state index contributed by atoms with van der Waals surface area (Å²) in [5.41, 5.74) is 18.0. The summed E-state index contributed by atoms with van der Waals surface area (Å²) >= 11 is 6.71. The Morgan fingerprint density at radius 3 is 2.56 bits per heavy atom. The van der Waals surface area contributed by atoms with Crippen molar-refractivity contribution in [2.24, 2.45) is 16.5 Å². The van der Waals surface area contributed by atoms with Crippen molar-refractivity contribution in [1.29, 1.82) is 0 Å². The molecule has 9 nitrogen and oxygen atoms in total. The molecule has 5 N–H and O–H groups in total. The Morgan fingerprint density at radius 2 is 1.91 bits per heavy atom. The summed E-state index contributed by atoms with van der Waals surface area (Å²) in [5.74, 6) is 1.61. The smallest absolute Gasteiger partial charge is 0.250 e. The zero-order valence-corrected chi connectivity index (χ0v) is 27.6. The lowest BCUT2D eigenvalue weighted by Crippen LogP contribution is -2.43. The predicted octanol–water partition coefficient (Wildman–Crippen LogP) is 7.16. The van der Waals surface area contributed by atoms with E-state index in [1.165, 1.54) is 0 Å². The Labute approximate surface area is 259 Å². The third-order valence-corrected chi connectivity index (χ3v) is 13.3. The largest absolute Gasteiger partial charge is 0.543 e.